The van der Waals surface area contributed by atoms with Crippen LogP contribution in [0.1, 0.15) is 35.9 Å². The zero-order chi connectivity index (χ0) is 23.0. The molecule has 4 rings (SSSR count). The molecule has 2 aromatic rings. The molecule has 2 saturated heterocycles. The maximum atomic E-state index is 12.4. The molecule has 2 aliphatic heterocycles. The van der Waals surface area contributed by atoms with Crippen molar-refractivity contribution in [2.75, 3.05) is 57.3 Å². The van der Waals surface area contributed by atoms with Crippen molar-refractivity contribution in [3.63, 3.8) is 0 Å². The molecular formula is C24H32N4O5. The van der Waals surface area contributed by atoms with Gasteiger partial charge in [-0.25, -0.2) is 14.6 Å². The van der Waals surface area contributed by atoms with Crippen molar-refractivity contribution in [3.05, 3.63) is 47.9 Å². The van der Waals surface area contributed by atoms with E-state index in [4.69, 9.17) is 13.9 Å². The summed E-state index contributed by atoms with van der Waals surface area (Å²) in [6.07, 6.45) is 3.27. The average molecular weight is 457 g/mol. The third-order valence-corrected chi connectivity index (χ3v) is 6.21. The molecule has 1 aromatic heterocycles. The number of ether oxygens (including phenoxy) is 2. The van der Waals surface area contributed by atoms with Gasteiger partial charge in [0.25, 0.3) is 6.01 Å². The highest BCUT2D eigenvalue weighted by atomic mass is 16.6. The van der Waals surface area contributed by atoms with E-state index in [0.29, 0.717) is 38.2 Å². The predicted molar refractivity (Wildman–Crippen MR) is 122 cm³/mol. The topological polar surface area (TPSA) is 88.4 Å². The van der Waals surface area contributed by atoms with Crippen molar-refractivity contribution in [2.45, 2.75) is 26.4 Å². The van der Waals surface area contributed by atoms with Crippen molar-refractivity contribution in [1.82, 2.24) is 14.8 Å². The second-order valence-electron chi connectivity index (χ2n) is 8.49. The van der Waals surface area contributed by atoms with Gasteiger partial charge in [0, 0.05) is 45.8 Å². The fourth-order valence-corrected chi connectivity index (χ4v) is 4.30. The van der Waals surface area contributed by atoms with E-state index in [1.807, 2.05) is 30.3 Å². The Morgan fingerprint density at radius 1 is 1.03 bits per heavy atom. The van der Waals surface area contributed by atoms with Crippen LogP contribution < -0.4 is 4.90 Å². The standard InChI is InChI=1S/C24H32N4O5/c1-2-31-22(29)21-16-25-23(33-21)27-10-8-19(9-11-27)17-26-12-14-28(15-13-26)24(30)32-18-20-6-4-3-5-7-20/h3-7,16,19H,2,8-15,17-18H2,1H3. The first kappa shape index (κ1) is 23.1. The van der Waals surface area contributed by atoms with Gasteiger partial charge in [0.2, 0.25) is 5.76 Å². The highest BCUT2D eigenvalue weighted by Gasteiger charge is 2.27. The van der Waals surface area contributed by atoms with Crippen molar-refractivity contribution < 1.29 is 23.5 Å². The molecule has 0 spiro atoms. The second kappa shape index (κ2) is 11.2. The molecule has 3 heterocycles. The molecule has 0 bridgehead atoms. The normalized spacial score (nSPS) is 17.7. The summed E-state index contributed by atoms with van der Waals surface area (Å²) in [7, 11) is 0. The highest BCUT2D eigenvalue weighted by Crippen LogP contribution is 2.24. The van der Waals surface area contributed by atoms with Gasteiger partial charge < -0.3 is 23.7 Å². The maximum absolute atomic E-state index is 12.4. The lowest BCUT2D eigenvalue weighted by Gasteiger charge is -2.38. The number of benzene rings is 1. The molecule has 1 amide bonds. The van der Waals surface area contributed by atoms with Crippen molar-refractivity contribution >= 4 is 18.1 Å². The Balaban J connectivity index is 1.15. The van der Waals surface area contributed by atoms with Gasteiger partial charge in [-0.15, -0.1) is 0 Å². The van der Waals surface area contributed by atoms with E-state index in [2.05, 4.69) is 14.8 Å². The summed E-state index contributed by atoms with van der Waals surface area (Å²) in [6, 6.07) is 10.2. The lowest BCUT2D eigenvalue weighted by atomic mass is 9.96. The van der Waals surface area contributed by atoms with Gasteiger partial charge in [0.15, 0.2) is 0 Å². The number of aromatic nitrogens is 1. The van der Waals surface area contributed by atoms with Gasteiger partial charge in [-0.1, -0.05) is 30.3 Å². The Hall–Kier alpha value is -3.07. The SMILES string of the molecule is CCOC(=O)c1cnc(N2CCC(CN3CCN(C(=O)OCc4ccccc4)CC3)CC2)o1. The van der Waals surface area contributed by atoms with Gasteiger partial charge in [-0.3, -0.25) is 4.90 Å². The number of carbonyl (C=O) groups is 2. The van der Waals surface area contributed by atoms with Crippen LogP contribution in [0.3, 0.4) is 0 Å². The lowest BCUT2D eigenvalue weighted by molar-refractivity contribution is 0.0490. The van der Waals surface area contributed by atoms with Crippen molar-refractivity contribution in [2.24, 2.45) is 5.92 Å². The number of oxazole rings is 1. The summed E-state index contributed by atoms with van der Waals surface area (Å²) in [5, 5.41) is 0. The largest absolute Gasteiger partial charge is 0.460 e. The van der Waals surface area contributed by atoms with Crippen molar-refractivity contribution in [3.8, 4) is 0 Å². The van der Waals surface area contributed by atoms with Gasteiger partial charge in [0.1, 0.15) is 6.61 Å². The third-order valence-electron chi connectivity index (χ3n) is 6.21. The van der Waals surface area contributed by atoms with Crippen LogP contribution in [0.25, 0.3) is 0 Å². The van der Waals surface area contributed by atoms with Crippen LogP contribution >= 0.6 is 0 Å². The van der Waals surface area contributed by atoms with Crippen LogP contribution in [0.5, 0.6) is 0 Å². The summed E-state index contributed by atoms with van der Waals surface area (Å²) in [5.74, 6) is 0.265. The summed E-state index contributed by atoms with van der Waals surface area (Å²) in [5.41, 5.74) is 0.998. The smallest absolute Gasteiger partial charge is 0.410 e. The molecule has 178 valence electrons. The highest BCUT2D eigenvalue weighted by molar-refractivity contribution is 5.86. The van der Waals surface area contributed by atoms with Gasteiger partial charge in [0.05, 0.1) is 12.8 Å². The Morgan fingerprint density at radius 2 is 1.76 bits per heavy atom. The minimum atomic E-state index is -0.478. The number of hydrogen-bond acceptors (Lipinski definition) is 8. The zero-order valence-corrected chi connectivity index (χ0v) is 19.1. The predicted octanol–water partition coefficient (Wildman–Crippen LogP) is 3.02. The summed E-state index contributed by atoms with van der Waals surface area (Å²) in [4.78, 5) is 34.7. The first-order valence-corrected chi connectivity index (χ1v) is 11.7. The number of amides is 1. The molecule has 0 unspecified atom stereocenters. The fourth-order valence-electron chi connectivity index (χ4n) is 4.30. The Morgan fingerprint density at radius 3 is 2.45 bits per heavy atom. The van der Waals surface area contributed by atoms with Crippen LogP contribution in [0, 0.1) is 5.92 Å². The van der Waals surface area contributed by atoms with E-state index >= 15 is 0 Å². The quantitative estimate of drug-likeness (QED) is 0.588. The molecule has 9 heteroatoms. The number of nitrogens with zero attached hydrogens (tertiary/aromatic N) is 4. The molecule has 2 fully saturated rings. The Labute approximate surface area is 194 Å². The number of esters is 1. The number of piperazine rings is 1. The minimum absolute atomic E-state index is 0.147. The van der Waals surface area contributed by atoms with Crippen LogP contribution in [0.2, 0.25) is 0 Å². The molecule has 2 aliphatic rings. The molecule has 0 radical (unpaired) electrons. The fraction of sp³-hybridized carbons (Fsp3) is 0.542. The molecule has 0 N–H and O–H groups in total. The zero-order valence-electron chi connectivity index (χ0n) is 19.1. The first-order valence-electron chi connectivity index (χ1n) is 11.7. The van der Waals surface area contributed by atoms with E-state index < -0.39 is 5.97 Å². The van der Waals surface area contributed by atoms with Gasteiger partial charge in [-0.05, 0) is 31.2 Å². The van der Waals surface area contributed by atoms with E-state index in [1.54, 1.807) is 11.8 Å². The van der Waals surface area contributed by atoms with Crippen LogP contribution in [-0.2, 0) is 16.1 Å². The minimum Gasteiger partial charge on any atom is -0.460 e. The molecular weight excluding hydrogens is 424 g/mol. The summed E-state index contributed by atoms with van der Waals surface area (Å²) < 4.78 is 16.0. The van der Waals surface area contributed by atoms with Gasteiger partial charge >= 0.3 is 12.1 Å². The Bertz CT molecular complexity index is 903. The van der Waals surface area contributed by atoms with Crippen LogP contribution in [0.15, 0.2) is 40.9 Å². The van der Waals surface area contributed by atoms with Crippen LogP contribution in [-0.4, -0.2) is 79.3 Å². The molecule has 0 aliphatic carbocycles. The first-order chi connectivity index (χ1) is 16.1. The number of hydrogen-bond donors (Lipinski definition) is 0. The summed E-state index contributed by atoms with van der Waals surface area (Å²) in [6.45, 7) is 8.22. The van der Waals surface area contributed by atoms with Gasteiger partial charge in [-0.2, -0.15) is 0 Å². The average Bonchev–Trinajstić information content (AvgIpc) is 3.35. The molecule has 33 heavy (non-hydrogen) atoms. The Kier molecular flexibility index (Phi) is 7.83. The van der Waals surface area contributed by atoms with Crippen LogP contribution in [0.4, 0.5) is 10.8 Å². The number of rotatable bonds is 7. The number of anilines is 1. The number of piperidine rings is 1. The molecule has 1 aromatic carbocycles. The van der Waals surface area contributed by atoms with E-state index in [-0.39, 0.29) is 11.9 Å². The second-order valence-corrected chi connectivity index (χ2v) is 8.49. The van der Waals surface area contributed by atoms with E-state index in [0.717, 1.165) is 51.1 Å². The molecule has 0 saturated carbocycles. The monoisotopic (exact) mass is 456 g/mol. The third kappa shape index (κ3) is 6.25. The van der Waals surface area contributed by atoms with E-state index in [1.165, 1.54) is 6.20 Å². The molecule has 9 nitrogen and oxygen atoms in total. The maximum Gasteiger partial charge on any atom is 0.410 e. The van der Waals surface area contributed by atoms with Crippen molar-refractivity contribution in [1.29, 1.82) is 0 Å². The summed E-state index contributed by atoms with van der Waals surface area (Å²) >= 11 is 0. The molecule has 0 atom stereocenters. The van der Waals surface area contributed by atoms with E-state index in [9.17, 15) is 9.59 Å². The lowest BCUT2D eigenvalue weighted by Crippen LogP contribution is -2.50. The number of carbonyl (C=O) groups excluding carboxylic acids is 2.